The van der Waals surface area contributed by atoms with Crippen LogP contribution in [0.15, 0.2) is 0 Å². The van der Waals surface area contributed by atoms with E-state index in [0.717, 1.165) is 32.4 Å². The van der Waals surface area contributed by atoms with Crippen molar-refractivity contribution in [2.45, 2.75) is 57.9 Å². The number of hydrogen-bond donors (Lipinski definition) is 2. The molecule has 0 atom stereocenters. The molecule has 5 nitrogen and oxygen atoms in total. The Bertz CT molecular complexity index is 369. The van der Waals surface area contributed by atoms with Crippen LogP contribution < -0.4 is 5.32 Å². The molecule has 2 amide bonds. The van der Waals surface area contributed by atoms with Gasteiger partial charge in [-0.05, 0) is 57.8 Å². The molecule has 2 N–H and O–H groups in total. The molecule has 20 heavy (non-hydrogen) atoms. The lowest BCUT2D eigenvalue weighted by atomic mass is 9.92. The summed E-state index contributed by atoms with van der Waals surface area (Å²) >= 11 is 0. The highest BCUT2D eigenvalue weighted by atomic mass is 16.4. The molecule has 5 heteroatoms. The number of carboxylic acids is 1. The number of nitrogens with one attached hydrogen (secondary N) is 1. The summed E-state index contributed by atoms with van der Waals surface area (Å²) in [6.07, 6.45) is 5.24. The number of hydrogen-bond acceptors (Lipinski definition) is 2. The van der Waals surface area contributed by atoms with Crippen LogP contribution in [0.2, 0.25) is 0 Å². The van der Waals surface area contributed by atoms with E-state index in [0.29, 0.717) is 11.8 Å². The van der Waals surface area contributed by atoms with Gasteiger partial charge in [0.1, 0.15) is 0 Å². The predicted octanol–water partition coefficient (Wildman–Crippen LogP) is 2.46. The molecule has 114 valence electrons. The number of likely N-dealkylation sites (tertiary alicyclic amines) is 1. The fraction of sp³-hybridized carbons (Fsp3) is 0.867. The number of aliphatic carboxylic acids is 1. The van der Waals surface area contributed by atoms with Crippen LogP contribution in [0.5, 0.6) is 0 Å². The standard InChI is InChI=1S/C15H26N2O3/c1-15(2,12-4-5-12)16-14(20)17-9-7-11(8-10-17)3-6-13(18)19/h11-12H,3-10H2,1-2H3,(H,16,20)(H,18,19). The number of urea groups is 1. The minimum Gasteiger partial charge on any atom is -0.481 e. The lowest BCUT2D eigenvalue weighted by molar-refractivity contribution is -0.137. The fourth-order valence-corrected chi connectivity index (χ4v) is 3.01. The summed E-state index contributed by atoms with van der Waals surface area (Å²) in [6, 6.07) is 0.0404. The highest BCUT2D eigenvalue weighted by Gasteiger charge is 2.39. The van der Waals surface area contributed by atoms with Gasteiger partial charge in [0.05, 0.1) is 0 Å². The average molecular weight is 282 g/mol. The quantitative estimate of drug-likeness (QED) is 0.813. The molecule has 2 fully saturated rings. The third kappa shape index (κ3) is 4.12. The number of amides is 2. The Morgan fingerprint density at radius 2 is 1.80 bits per heavy atom. The van der Waals surface area contributed by atoms with Crippen LogP contribution >= 0.6 is 0 Å². The minimum absolute atomic E-state index is 0.0404. The van der Waals surface area contributed by atoms with E-state index in [1.54, 1.807) is 0 Å². The fourth-order valence-electron chi connectivity index (χ4n) is 3.01. The van der Waals surface area contributed by atoms with Gasteiger partial charge in [-0.25, -0.2) is 4.79 Å². The maximum atomic E-state index is 12.2. The van der Waals surface area contributed by atoms with Crippen molar-refractivity contribution >= 4 is 12.0 Å². The predicted molar refractivity (Wildman–Crippen MR) is 76.5 cm³/mol. The van der Waals surface area contributed by atoms with Crippen molar-refractivity contribution in [3.05, 3.63) is 0 Å². The molecule has 1 heterocycles. The van der Waals surface area contributed by atoms with E-state index in [-0.39, 0.29) is 18.0 Å². The minimum atomic E-state index is -0.726. The molecule has 0 aromatic rings. The van der Waals surface area contributed by atoms with E-state index < -0.39 is 5.97 Å². The van der Waals surface area contributed by atoms with Gasteiger partial charge < -0.3 is 15.3 Å². The normalized spacial score (nSPS) is 20.8. The van der Waals surface area contributed by atoms with Crippen LogP contribution in [0, 0.1) is 11.8 Å². The zero-order valence-electron chi connectivity index (χ0n) is 12.5. The number of carboxylic acid groups (broad SMARTS) is 1. The third-order valence-corrected chi connectivity index (χ3v) is 4.70. The summed E-state index contributed by atoms with van der Waals surface area (Å²) in [5.41, 5.74) is -0.1000. The number of rotatable bonds is 5. The molecule has 1 saturated carbocycles. The molecule has 0 bridgehead atoms. The SMILES string of the molecule is CC(C)(NC(=O)N1CCC(CCC(=O)O)CC1)C1CC1. The molecule has 0 radical (unpaired) electrons. The van der Waals surface area contributed by atoms with Crippen molar-refractivity contribution < 1.29 is 14.7 Å². The first-order valence-electron chi connectivity index (χ1n) is 7.67. The molecule has 1 aliphatic heterocycles. The van der Waals surface area contributed by atoms with Crippen LogP contribution in [-0.2, 0) is 4.79 Å². The Balaban J connectivity index is 1.72. The zero-order valence-corrected chi connectivity index (χ0v) is 12.5. The van der Waals surface area contributed by atoms with Gasteiger partial charge in [-0.15, -0.1) is 0 Å². The van der Waals surface area contributed by atoms with Gasteiger partial charge in [0.2, 0.25) is 0 Å². The maximum Gasteiger partial charge on any atom is 0.317 e. The molecule has 2 rings (SSSR count). The van der Waals surface area contributed by atoms with Gasteiger partial charge in [-0.2, -0.15) is 0 Å². The highest BCUT2D eigenvalue weighted by Crippen LogP contribution is 2.39. The van der Waals surface area contributed by atoms with Crippen molar-refractivity contribution in [3.63, 3.8) is 0 Å². The summed E-state index contributed by atoms with van der Waals surface area (Å²) < 4.78 is 0. The van der Waals surface area contributed by atoms with Crippen molar-refractivity contribution in [2.24, 2.45) is 11.8 Å². The molecule has 2 aliphatic rings. The van der Waals surface area contributed by atoms with Gasteiger partial charge in [0, 0.05) is 25.0 Å². The van der Waals surface area contributed by atoms with Gasteiger partial charge in [-0.1, -0.05) is 0 Å². The van der Waals surface area contributed by atoms with Crippen LogP contribution in [-0.4, -0.2) is 40.6 Å². The van der Waals surface area contributed by atoms with Crippen LogP contribution in [0.4, 0.5) is 4.79 Å². The zero-order chi connectivity index (χ0) is 14.8. The Morgan fingerprint density at radius 1 is 1.20 bits per heavy atom. The van der Waals surface area contributed by atoms with E-state index in [9.17, 15) is 9.59 Å². The first kappa shape index (κ1) is 15.1. The van der Waals surface area contributed by atoms with E-state index in [4.69, 9.17) is 5.11 Å². The van der Waals surface area contributed by atoms with E-state index in [1.807, 2.05) is 4.90 Å². The Labute approximate surface area is 120 Å². The molecule has 1 saturated heterocycles. The van der Waals surface area contributed by atoms with Gasteiger partial charge in [0.25, 0.3) is 0 Å². The van der Waals surface area contributed by atoms with Crippen molar-refractivity contribution in [3.8, 4) is 0 Å². The topological polar surface area (TPSA) is 69.6 Å². The van der Waals surface area contributed by atoms with Crippen LogP contribution in [0.25, 0.3) is 0 Å². The largest absolute Gasteiger partial charge is 0.481 e. The summed E-state index contributed by atoms with van der Waals surface area (Å²) in [5.74, 6) is 0.350. The average Bonchev–Trinajstić information content (AvgIpc) is 3.21. The summed E-state index contributed by atoms with van der Waals surface area (Å²) in [7, 11) is 0. The van der Waals surface area contributed by atoms with E-state index in [1.165, 1.54) is 12.8 Å². The third-order valence-electron chi connectivity index (χ3n) is 4.70. The summed E-state index contributed by atoms with van der Waals surface area (Å²) in [6.45, 7) is 5.69. The molecule has 0 aromatic carbocycles. The Hall–Kier alpha value is -1.26. The summed E-state index contributed by atoms with van der Waals surface area (Å²) in [5, 5.41) is 11.8. The number of piperidine rings is 1. The first-order valence-corrected chi connectivity index (χ1v) is 7.67. The van der Waals surface area contributed by atoms with E-state index >= 15 is 0 Å². The lowest BCUT2D eigenvalue weighted by Gasteiger charge is -2.35. The number of carbonyl (C=O) groups is 2. The van der Waals surface area contributed by atoms with Crippen molar-refractivity contribution in [2.75, 3.05) is 13.1 Å². The van der Waals surface area contributed by atoms with Crippen molar-refractivity contribution in [1.29, 1.82) is 0 Å². The molecular formula is C15H26N2O3. The van der Waals surface area contributed by atoms with E-state index in [2.05, 4.69) is 19.2 Å². The molecule has 0 unspecified atom stereocenters. The second kappa shape index (κ2) is 6.02. The molecular weight excluding hydrogens is 256 g/mol. The van der Waals surface area contributed by atoms with Gasteiger partial charge in [-0.3, -0.25) is 4.79 Å². The number of nitrogens with zero attached hydrogens (tertiary/aromatic N) is 1. The molecule has 0 aromatic heterocycles. The van der Waals surface area contributed by atoms with Crippen LogP contribution in [0.1, 0.15) is 52.4 Å². The van der Waals surface area contributed by atoms with Crippen LogP contribution in [0.3, 0.4) is 0 Å². The van der Waals surface area contributed by atoms with Gasteiger partial charge >= 0.3 is 12.0 Å². The van der Waals surface area contributed by atoms with Gasteiger partial charge in [0.15, 0.2) is 0 Å². The summed E-state index contributed by atoms with van der Waals surface area (Å²) in [4.78, 5) is 24.7. The van der Waals surface area contributed by atoms with Crippen molar-refractivity contribution in [1.82, 2.24) is 10.2 Å². The first-order chi connectivity index (χ1) is 9.38. The second-order valence-electron chi connectivity index (χ2n) is 6.79. The smallest absolute Gasteiger partial charge is 0.317 e. The Kier molecular flexibility index (Phi) is 4.55. The molecule has 1 aliphatic carbocycles. The maximum absolute atomic E-state index is 12.2. The highest BCUT2D eigenvalue weighted by molar-refractivity contribution is 5.75. The monoisotopic (exact) mass is 282 g/mol. The second-order valence-corrected chi connectivity index (χ2v) is 6.79. The number of carbonyl (C=O) groups excluding carboxylic acids is 1. The molecule has 0 spiro atoms. The Morgan fingerprint density at radius 3 is 2.30 bits per heavy atom. The lowest BCUT2D eigenvalue weighted by Crippen LogP contribution is -2.53.